The van der Waals surface area contributed by atoms with Gasteiger partial charge in [0, 0.05) is 13.0 Å². The first-order chi connectivity index (χ1) is 13.4. The molecule has 1 N–H and O–H groups in total. The third-order valence-electron chi connectivity index (χ3n) is 4.40. The Bertz CT molecular complexity index is 1030. The lowest BCUT2D eigenvalue weighted by Crippen LogP contribution is -2.20. The molecule has 0 aliphatic rings. The fourth-order valence-electron chi connectivity index (χ4n) is 2.96. The molecule has 0 unspecified atom stereocenters. The average molecular weight is 420 g/mol. The molecule has 7 nitrogen and oxygen atoms in total. The van der Waals surface area contributed by atoms with Gasteiger partial charge in [0.15, 0.2) is 0 Å². The number of anilines is 1. The number of amides is 1. The van der Waals surface area contributed by atoms with Crippen molar-refractivity contribution in [3.8, 4) is 0 Å². The monoisotopic (exact) mass is 419 g/mol. The van der Waals surface area contributed by atoms with Crippen LogP contribution in [0.2, 0.25) is 0 Å². The number of hydrogen-bond acceptors (Lipinski definition) is 7. The fraction of sp³-hybridized carbons (Fsp3) is 0.526. The van der Waals surface area contributed by atoms with E-state index in [2.05, 4.69) is 41.3 Å². The van der Waals surface area contributed by atoms with Gasteiger partial charge in [-0.2, -0.15) is 0 Å². The molecule has 150 valence electrons. The highest BCUT2D eigenvalue weighted by atomic mass is 32.1. The molecule has 0 aromatic carbocycles. The van der Waals surface area contributed by atoms with Gasteiger partial charge in [0.1, 0.15) is 9.84 Å². The van der Waals surface area contributed by atoms with Crippen LogP contribution in [0, 0.1) is 12.8 Å². The number of carbonyl (C=O) groups is 1. The topological polar surface area (TPSA) is 89.8 Å². The van der Waals surface area contributed by atoms with E-state index in [1.807, 2.05) is 0 Å². The van der Waals surface area contributed by atoms with Crippen molar-refractivity contribution in [2.24, 2.45) is 5.92 Å². The van der Waals surface area contributed by atoms with Crippen LogP contribution >= 0.6 is 22.7 Å². The van der Waals surface area contributed by atoms with Crippen molar-refractivity contribution in [2.45, 2.75) is 59.9 Å². The Kier molecular flexibility index (Phi) is 6.56. The second kappa shape index (κ2) is 8.91. The van der Waals surface area contributed by atoms with Crippen molar-refractivity contribution in [1.82, 2.24) is 19.7 Å². The zero-order valence-corrected chi connectivity index (χ0v) is 18.2. The fourth-order valence-corrected chi connectivity index (χ4v) is 4.94. The molecule has 1 amide bonds. The predicted octanol–water partition coefficient (Wildman–Crippen LogP) is 4.26. The van der Waals surface area contributed by atoms with Crippen LogP contribution in [-0.2, 0) is 13.0 Å². The minimum Gasteiger partial charge on any atom is -0.299 e. The van der Waals surface area contributed by atoms with Crippen LogP contribution in [0.4, 0.5) is 5.13 Å². The first kappa shape index (κ1) is 20.6. The lowest BCUT2D eigenvalue weighted by molar-refractivity contribution is 0.103. The maximum Gasteiger partial charge on any atom is 0.267 e. The average Bonchev–Trinajstić information content (AvgIpc) is 3.21. The normalized spacial score (nSPS) is 11.5. The number of aryl methyl sites for hydroxylation is 2. The number of nitrogens with zero attached hydrogens (tertiary/aromatic N) is 4. The predicted molar refractivity (Wildman–Crippen MR) is 115 cm³/mol. The van der Waals surface area contributed by atoms with Gasteiger partial charge in [-0.15, -0.1) is 21.5 Å². The van der Waals surface area contributed by atoms with Crippen molar-refractivity contribution in [3.63, 3.8) is 0 Å². The maximum absolute atomic E-state index is 12.8. The molecule has 0 radical (unpaired) electrons. The van der Waals surface area contributed by atoms with Crippen LogP contribution in [0.15, 0.2) is 11.1 Å². The standard InChI is InChI=1S/C19H25N5O2S2/c1-5-6-7-8-24-10-20-17-14(18(24)26)12(4)15(28-17)16(25)21-19-23-22-13(27-19)9-11(2)3/h10-11H,5-9H2,1-4H3,(H,21,23,25). The van der Waals surface area contributed by atoms with E-state index in [1.165, 1.54) is 22.7 Å². The van der Waals surface area contributed by atoms with Crippen molar-refractivity contribution < 1.29 is 4.79 Å². The van der Waals surface area contributed by atoms with E-state index in [-0.39, 0.29) is 11.5 Å². The van der Waals surface area contributed by atoms with Gasteiger partial charge in [-0.1, -0.05) is 44.9 Å². The van der Waals surface area contributed by atoms with E-state index in [0.717, 1.165) is 30.7 Å². The largest absolute Gasteiger partial charge is 0.299 e. The minimum absolute atomic E-state index is 0.0796. The van der Waals surface area contributed by atoms with Crippen molar-refractivity contribution in [1.29, 1.82) is 0 Å². The SMILES string of the molecule is CCCCCn1cnc2sc(C(=O)Nc3nnc(CC(C)C)s3)c(C)c2c1=O. The maximum atomic E-state index is 12.8. The second-order valence-corrected chi connectivity index (χ2v) is 9.30. The Morgan fingerprint density at radius 3 is 2.75 bits per heavy atom. The molecule has 3 heterocycles. The van der Waals surface area contributed by atoms with Gasteiger partial charge in [-0.3, -0.25) is 19.5 Å². The number of fused-ring (bicyclic) bond motifs is 1. The van der Waals surface area contributed by atoms with Crippen molar-refractivity contribution in [2.75, 3.05) is 5.32 Å². The summed E-state index contributed by atoms with van der Waals surface area (Å²) in [4.78, 5) is 31.1. The van der Waals surface area contributed by atoms with Crippen LogP contribution < -0.4 is 10.9 Å². The molecule has 0 spiro atoms. The zero-order chi connectivity index (χ0) is 20.3. The van der Waals surface area contributed by atoms with Crippen LogP contribution in [0.25, 0.3) is 10.2 Å². The van der Waals surface area contributed by atoms with E-state index in [4.69, 9.17) is 0 Å². The summed E-state index contributed by atoms with van der Waals surface area (Å²) in [5, 5.41) is 12.9. The quantitative estimate of drug-likeness (QED) is 0.551. The lowest BCUT2D eigenvalue weighted by atomic mass is 10.1. The van der Waals surface area contributed by atoms with Gasteiger partial charge in [-0.05, 0) is 24.8 Å². The molecule has 0 bridgehead atoms. The molecular formula is C19H25N5O2S2. The molecule has 0 atom stereocenters. The van der Waals surface area contributed by atoms with E-state index in [0.29, 0.717) is 38.3 Å². The zero-order valence-electron chi connectivity index (χ0n) is 16.6. The van der Waals surface area contributed by atoms with E-state index in [9.17, 15) is 9.59 Å². The molecule has 9 heteroatoms. The first-order valence-electron chi connectivity index (χ1n) is 9.53. The second-order valence-electron chi connectivity index (χ2n) is 7.24. The third-order valence-corrected chi connectivity index (χ3v) is 6.46. The molecule has 3 aromatic heterocycles. The van der Waals surface area contributed by atoms with Crippen LogP contribution in [-0.4, -0.2) is 25.7 Å². The van der Waals surface area contributed by atoms with Crippen LogP contribution in [0.3, 0.4) is 0 Å². The van der Waals surface area contributed by atoms with E-state index >= 15 is 0 Å². The smallest absolute Gasteiger partial charge is 0.267 e. The summed E-state index contributed by atoms with van der Waals surface area (Å²) in [5.74, 6) is 0.205. The van der Waals surface area contributed by atoms with Crippen LogP contribution in [0.1, 0.15) is 60.3 Å². The van der Waals surface area contributed by atoms with Gasteiger partial charge in [0.05, 0.1) is 16.6 Å². The Balaban J connectivity index is 1.83. The molecular weight excluding hydrogens is 394 g/mol. The summed E-state index contributed by atoms with van der Waals surface area (Å²) in [6.07, 6.45) is 5.52. The molecule has 3 aromatic rings. The third kappa shape index (κ3) is 4.47. The molecule has 0 saturated carbocycles. The summed E-state index contributed by atoms with van der Waals surface area (Å²) in [7, 11) is 0. The number of unbranched alkanes of at least 4 members (excludes halogenated alkanes) is 2. The number of aromatic nitrogens is 4. The van der Waals surface area contributed by atoms with Crippen LogP contribution in [0.5, 0.6) is 0 Å². The molecule has 28 heavy (non-hydrogen) atoms. The van der Waals surface area contributed by atoms with E-state index < -0.39 is 0 Å². The van der Waals surface area contributed by atoms with Crippen molar-refractivity contribution in [3.05, 3.63) is 32.1 Å². The lowest BCUT2D eigenvalue weighted by Gasteiger charge is -2.04. The van der Waals surface area contributed by atoms with Crippen molar-refractivity contribution >= 4 is 43.9 Å². The molecule has 3 rings (SSSR count). The highest BCUT2D eigenvalue weighted by molar-refractivity contribution is 7.21. The van der Waals surface area contributed by atoms with E-state index in [1.54, 1.807) is 17.8 Å². The number of thiophene rings is 1. The van der Waals surface area contributed by atoms with Gasteiger partial charge < -0.3 is 0 Å². The first-order valence-corrected chi connectivity index (χ1v) is 11.2. The summed E-state index contributed by atoms with van der Waals surface area (Å²) in [6.45, 7) is 8.81. The highest BCUT2D eigenvalue weighted by Gasteiger charge is 2.20. The summed E-state index contributed by atoms with van der Waals surface area (Å²) >= 11 is 2.62. The minimum atomic E-state index is -0.273. The summed E-state index contributed by atoms with van der Waals surface area (Å²) < 4.78 is 1.64. The number of hydrogen-bond donors (Lipinski definition) is 1. The molecule has 0 aliphatic carbocycles. The molecule has 0 aliphatic heterocycles. The molecule has 0 fully saturated rings. The Morgan fingerprint density at radius 1 is 1.25 bits per heavy atom. The van der Waals surface area contributed by atoms with Gasteiger partial charge in [0.25, 0.3) is 11.5 Å². The van der Waals surface area contributed by atoms with Gasteiger partial charge in [-0.25, -0.2) is 4.98 Å². The Morgan fingerprint density at radius 2 is 2.04 bits per heavy atom. The highest BCUT2D eigenvalue weighted by Crippen LogP contribution is 2.28. The molecule has 0 saturated heterocycles. The number of carbonyl (C=O) groups excluding carboxylic acids is 1. The number of nitrogens with one attached hydrogen (secondary N) is 1. The van der Waals surface area contributed by atoms with Gasteiger partial charge >= 0.3 is 0 Å². The summed E-state index contributed by atoms with van der Waals surface area (Å²) in [6, 6.07) is 0. The Labute approximate surface area is 171 Å². The summed E-state index contributed by atoms with van der Waals surface area (Å²) in [5.41, 5.74) is 0.593. The Hall–Kier alpha value is -2.13. The number of rotatable bonds is 8. The van der Waals surface area contributed by atoms with Gasteiger partial charge in [0.2, 0.25) is 5.13 Å².